The van der Waals surface area contributed by atoms with Crippen molar-refractivity contribution in [3.8, 4) is 5.75 Å². The summed E-state index contributed by atoms with van der Waals surface area (Å²) < 4.78 is 0. The molecule has 0 bridgehead atoms. The van der Waals surface area contributed by atoms with E-state index in [1.807, 2.05) is 13.0 Å². The molecule has 4 nitrogen and oxygen atoms in total. The minimum atomic E-state index is -0.0495. The standard InChI is InChI=1S/C12H18N2O2/c1-9(5-6-13)14-12(16)8-10-3-2-4-11(15)7-10/h2-4,7,9,15H,5-6,8,13H2,1H3,(H,14,16). The lowest BCUT2D eigenvalue weighted by molar-refractivity contribution is -0.121. The van der Waals surface area contributed by atoms with Crippen LogP contribution in [0.5, 0.6) is 5.75 Å². The van der Waals surface area contributed by atoms with E-state index in [1.165, 1.54) is 0 Å². The number of carbonyl (C=O) groups is 1. The van der Waals surface area contributed by atoms with Gasteiger partial charge in [0.2, 0.25) is 5.91 Å². The molecule has 0 aliphatic rings. The van der Waals surface area contributed by atoms with Crippen molar-refractivity contribution in [2.24, 2.45) is 5.73 Å². The zero-order chi connectivity index (χ0) is 12.0. The van der Waals surface area contributed by atoms with Crippen molar-refractivity contribution in [1.82, 2.24) is 5.32 Å². The normalized spacial score (nSPS) is 12.1. The van der Waals surface area contributed by atoms with Gasteiger partial charge >= 0.3 is 0 Å². The number of carbonyl (C=O) groups excluding carboxylic acids is 1. The van der Waals surface area contributed by atoms with Crippen molar-refractivity contribution in [3.63, 3.8) is 0 Å². The van der Waals surface area contributed by atoms with E-state index in [1.54, 1.807) is 18.2 Å². The average Bonchev–Trinajstić information content (AvgIpc) is 2.17. The fraction of sp³-hybridized carbons (Fsp3) is 0.417. The van der Waals surface area contributed by atoms with Crippen molar-refractivity contribution in [2.45, 2.75) is 25.8 Å². The second-order valence-electron chi connectivity index (χ2n) is 3.89. The minimum absolute atomic E-state index is 0.0495. The van der Waals surface area contributed by atoms with Gasteiger partial charge in [0.05, 0.1) is 6.42 Å². The van der Waals surface area contributed by atoms with Crippen LogP contribution in [0.1, 0.15) is 18.9 Å². The molecule has 1 aromatic carbocycles. The molecule has 0 aliphatic heterocycles. The van der Waals surface area contributed by atoms with Crippen molar-refractivity contribution in [2.75, 3.05) is 6.54 Å². The van der Waals surface area contributed by atoms with Crippen LogP contribution >= 0.6 is 0 Å². The maximum Gasteiger partial charge on any atom is 0.224 e. The molecule has 0 radical (unpaired) electrons. The molecule has 1 amide bonds. The summed E-state index contributed by atoms with van der Waals surface area (Å²) in [6.45, 7) is 2.49. The minimum Gasteiger partial charge on any atom is -0.508 e. The average molecular weight is 222 g/mol. The number of hydrogen-bond acceptors (Lipinski definition) is 3. The van der Waals surface area contributed by atoms with Gasteiger partial charge in [-0.3, -0.25) is 4.79 Å². The van der Waals surface area contributed by atoms with Gasteiger partial charge in [0.1, 0.15) is 5.75 Å². The molecule has 0 saturated heterocycles. The van der Waals surface area contributed by atoms with Gasteiger partial charge in [-0.2, -0.15) is 0 Å². The van der Waals surface area contributed by atoms with E-state index < -0.39 is 0 Å². The third-order valence-electron chi connectivity index (χ3n) is 2.28. The number of nitrogens with one attached hydrogen (secondary N) is 1. The third-order valence-corrected chi connectivity index (χ3v) is 2.28. The number of phenolic OH excluding ortho intramolecular Hbond substituents is 1. The van der Waals surface area contributed by atoms with E-state index in [4.69, 9.17) is 5.73 Å². The largest absolute Gasteiger partial charge is 0.508 e. The van der Waals surface area contributed by atoms with Gasteiger partial charge in [0.25, 0.3) is 0 Å². The monoisotopic (exact) mass is 222 g/mol. The molecule has 0 fully saturated rings. The predicted molar refractivity (Wildman–Crippen MR) is 63.1 cm³/mol. The second kappa shape index (κ2) is 6.12. The molecule has 4 heteroatoms. The topological polar surface area (TPSA) is 75.3 Å². The Morgan fingerprint density at radius 2 is 2.31 bits per heavy atom. The molecule has 1 aromatic rings. The van der Waals surface area contributed by atoms with E-state index in [0.717, 1.165) is 12.0 Å². The Hall–Kier alpha value is -1.55. The van der Waals surface area contributed by atoms with Crippen LogP contribution in [0, 0.1) is 0 Å². The van der Waals surface area contributed by atoms with Crippen LogP contribution in [0.4, 0.5) is 0 Å². The summed E-state index contributed by atoms with van der Waals surface area (Å²) in [5.74, 6) is 0.131. The molecule has 0 spiro atoms. The Bertz CT molecular complexity index is 353. The number of phenols is 1. The lowest BCUT2D eigenvalue weighted by Gasteiger charge is -2.12. The summed E-state index contributed by atoms with van der Waals surface area (Å²) >= 11 is 0. The predicted octanol–water partition coefficient (Wildman–Crippen LogP) is 0.788. The highest BCUT2D eigenvalue weighted by Crippen LogP contribution is 2.11. The van der Waals surface area contributed by atoms with E-state index in [9.17, 15) is 9.90 Å². The van der Waals surface area contributed by atoms with E-state index in [-0.39, 0.29) is 24.1 Å². The van der Waals surface area contributed by atoms with Gasteiger partial charge in [-0.15, -0.1) is 0 Å². The van der Waals surface area contributed by atoms with Crippen molar-refractivity contribution >= 4 is 5.91 Å². The smallest absolute Gasteiger partial charge is 0.224 e. The Morgan fingerprint density at radius 3 is 2.94 bits per heavy atom. The van der Waals surface area contributed by atoms with Gasteiger partial charge in [0.15, 0.2) is 0 Å². The van der Waals surface area contributed by atoms with E-state index in [2.05, 4.69) is 5.32 Å². The fourth-order valence-corrected chi connectivity index (χ4v) is 1.50. The number of amides is 1. The molecule has 88 valence electrons. The number of hydrogen-bond donors (Lipinski definition) is 3. The quantitative estimate of drug-likeness (QED) is 0.689. The van der Waals surface area contributed by atoms with Crippen LogP contribution in [0.3, 0.4) is 0 Å². The van der Waals surface area contributed by atoms with Gasteiger partial charge in [-0.25, -0.2) is 0 Å². The van der Waals surface area contributed by atoms with Crippen LogP contribution in [-0.4, -0.2) is 23.6 Å². The molecule has 1 atom stereocenters. The van der Waals surface area contributed by atoms with Crippen LogP contribution < -0.4 is 11.1 Å². The molecule has 0 aromatic heterocycles. The lowest BCUT2D eigenvalue weighted by Crippen LogP contribution is -2.35. The lowest BCUT2D eigenvalue weighted by atomic mass is 10.1. The Kier molecular flexibility index (Phi) is 4.79. The highest BCUT2D eigenvalue weighted by Gasteiger charge is 2.07. The first kappa shape index (κ1) is 12.5. The summed E-state index contributed by atoms with van der Waals surface area (Å²) in [6, 6.07) is 6.80. The molecule has 0 aliphatic carbocycles. The maximum atomic E-state index is 11.6. The van der Waals surface area contributed by atoms with Crippen molar-refractivity contribution < 1.29 is 9.90 Å². The molecule has 1 unspecified atom stereocenters. The van der Waals surface area contributed by atoms with Crippen LogP contribution in [0.15, 0.2) is 24.3 Å². The number of nitrogens with two attached hydrogens (primary N) is 1. The highest BCUT2D eigenvalue weighted by molar-refractivity contribution is 5.78. The first-order valence-corrected chi connectivity index (χ1v) is 5.39. The summed E-state index contributed by atoms with van der Waals surface area (Å²) in [6.07, 6.45) is 1.05. The highest BCUT2D eigenvalue weighted by atomic mass is 16.3. The van der Waals surface area contributed by atoms with Crippen LogP contribution in [0.25, 0.3) is 0 Å². The number of benzene rings is 1. The maximum absolute atomic E-state index is 11.6. The second-order valence-corrected chi connectivity index (χ2v) is 3.89. The van der Waals surface area contributed by atoms with Crippen LogP contribution in [0.2, 0.25) is 0 Å². The first-order valence-electron chi connectivity index (χ1n) is 5.39. The van der Waals surface area contributed by atoms with Crippen molar-refractivity contribution in [3.05, 3.63) is 29.8 Å². The van der Waals surface area contributed by atoms with Gasteiger partial charge in [0, 0.05) is 6.04 Å². The molecule has 16 heavy (non-hydrogen) atoms. The van der Waals surface area contributed by atoms with Crippen LogP contribution in [-0.2, 0) is 11.2 Å². The Labute approximate surface area is 95.5 Å². The van der Waals surface area contributed by atoms with Gasteiger partial charge in [-0.05, 0) is 37.6 Å². The summed E-state index contributed by atoms with van der Waals surface area (Å²) in [7, 11) is 0. The molecule has 4 N–H and O–H groups in total. The van der Waals surface area contributed by atoms with E-state index in [0.29, 0.717) is 6.54 Å². The Balaban J connectivity index is 2.45. The number of rotatable bonds is 5. The summed E-state index contributed by atoms with van der Waals surface area (Å²) in [5, 5.41) is 12.1. The zero-order valence-electron chi connectivity index (χ0n) is 9.44. The summed E-state index contributed by atoms with van der Waals surface area (Å²) in [5.41, 5.74) is 6.20. The molecular formula is C12H18N2O2. The summed E-state index contributed by atoms with van der Waals surface area (Å²) in [4.78, 5) is 11.6. The zero-order valence-corrected chi connectivity index (χ0v) is 9.44. The first-order chi connectivity index (χ1) is 7.61. The number of aromatic hydroxyl groups is 1. The van der Waals surface area contributed by atoms with Gasteiger partial charge in [-0.1, -0.05) is 12.1 Å². The molecule has 0 heterocycles. The van der Waals surface area contributed by atoms with Crippen molar-refractivity contribution in [1.29, 1.82) is 0 Å². The molecular weight excluding hydrogens is 204 g/mol. The Morgan fingerprint density at radius 1 is 1.56 bits per heavy atom. The SMILES string of the molecule is CC(CCN)NC(=O)Cc1cccc(O)c1. The fourth-order valence-electron chi connectivity index (χ4n) is 1.50. The van der Waals surface area contributed by atoms with Gasteiger partial charge < -0.3 is 16.2 Å². The van der Waals surface area contributed by atoms with E-state index >= 15 is 0 Å². The third kappa shape index (κ3) is 4.31. The molecule has 1 rings (SSSR count). The molecule has 0 saturated carbocycles.